The number of rotatable bonds is 1. The fourth-order valence-corrected chi connectivity index (χ4v) is 6.08. The van der Waals surface area contributed by atoms with Crippen LogP contribution in [0.1, 0.15) is 54.2 Å². The van der Waals surface area contributed by atoms with Crippen molar-refractivity contribution in [2.24, 2.45) is 17.8 Å². The predicted molar refractivity (Wildman–Crippen MR) is 98.5 cm³/mol. The minimum atomic E-state index is -0.557. The number of carbonyl (C=O) groups excluding carboxylic acids is 1. The van der Waals surface area contributed by atoms with Gasteiger partial charge in [0.25, 0.3) is 0 Å². The maximum atomic E-state index is 12.4. The van der Waals surface area contributed by atoms with Crippen LogP contribution in [-0.4, -0.2) is 47.3 Å². The number of aliphatic hydroxyl groups is 1. The number of piperidine rings is 1. The van der Waals surface area contributed by atoms with Crippen molar-refractivity contribution >= 4 is 12.0 Å². The number of nitrogens with zero attached hydrogens (tertiary/aromatic N) is 1. The number of nitrogens with one attached hydrogen (secondary N) is 1. The van der Waals surface area contributed by atoms with E-state index in [1.807, 2.05) is 0 Å². The van der Waals surface area contributed by atoms with Gasteiger partial charge >= 0.3 is 5.97 Å². The number of esters is 1. The number of carbonyl (C=O) groups is 1. The predicted octanol–water partition coefficient (Wildman–Crippen LogP) is 2.45. The zero-order valence-corrected chi connectivity index (χ0v) is 15.4. The molecular weight excluding hydrogens is 328 g/mol. The molecule has 2 fully saturated rings. The monoisotopic (exact) mass is 356 g/mol. The summed E-state index contributed by atoms with van der Waals surface area (Å²) in [6.45, 7) is 2.15. The van der Waals surface area contributed by atoms with Crippen molar-refractivity contribution in [3.05, 3.63) is 28.6 Å². The normalized spacial score (nSPS) is 35.8. The van der Waals surface area contributed by atoms with E-state index in [1.165, 1.54) is 29.6 Å². The lowest BCUT2D eigenvalue weighted by Crippen LogP contribution is -2.53. The van der Waals surface area contributed by atoms with Gasteiger partial charge in [-0.2, -0.15) is 0 Å². The Hall–Kier alpha value is -1.59. The molecule has 5 heteroatoms. The summed E-state index contributed by atoms with van der Waals surface area (Å²) in [5.74, 6) is 0.111. The Morgan fingerprint density at radius 2 is 2.19 bits per heavy atom. The van der Waals surface area contributed by atoms with E-state index in [9.17, 15) is 9.90 Å². The number of allylic oxidation sites excluding steroid dienone is 1. The molecule has 2 N–H and O–H groups in total. The highest BCUT2D eigenvalue weighted by Crippen LogP contribution is 2.49. The Labute approximate surface area is 154 Å². The molecule has 26 heavy (non-hydrogen) atoms. The highest BCUT2D eigenvalue weighted by molar-refractivity contribution is 5.73. The molecule has 5 nitrogen and oxygen atoms in total. The lowest BCUT2D eigenvalue weighted by Gasteiger charge is -2.51. The maximum absolute atomic E-state index is 12.4. The molecule has 1 saturated carbocycles. The van der Waals surface area contributed by atoms with Gasteiger partial charge in [-0.25, -0.2) is 0 Å². The minimum absolute atomic E-state index is 0.217. The zero-order chi connectivity index (χ0) is 17.8. The number of hydrogen-bond donors (Lipinski definition) is 2. The molecule has 0 spiro atoms. The molecule has 2 aliphatic heterocycles. The largest absolute Gasteiger partial charge is 0.469 e. The lowest BCUT2D eigenvalue weighted by atomic mass is 9.65. The van der Waals surface area contributed by atoms with E-state index >= 15 is 0 Å². The second-order valence-electron chi connectivity index (χ2n) is 8.46. The molecule has 1 aromatic heterocycles. The van der Waals surface area contributed by atoms with Crippen molar-refractivity contribution in [3.63, 3.8) is 0 Å². The van der Waals surface area contributed by atoms with Gasteiger partial charge in [-0.3, -0.25) is 9.69 Å². The minimum Gasteiger partial charge on any atom is -0.469 e. The maximum Gasteiger partial charge on any atom is 0.311 e. The van der Waals surface area contributed by atoms with Crippen LogP contribution in [-0.2, 0) is 22.4 Å². The quantitative estimate of drug-likeness (QED) is 0.759. The second kappa shape index (κ2) is 6.24. The van der Waals surface area contributed by atoms with Gasteiger partial charge in [-0.1, -0.05) is 6.08 Å². The van der Waals surface area contributed by atoms with Gasteiger partial charge in [-0.15, -0.1) is 0 Å². The van der Waals surface area contributed by atoms with Crippen LogP contribution in [0.3, 0.4) is 0 Å². The van der Waals surface area contributed by atoms with E-state index in [0.29, 0.717) is 18.4 Å². The van der Waals surface area contributed by atoms with Gasteiger partial charge in [0, 0.05) is 24.5 Å². The third kappa shape index (κ3) is 2.40. The van der Waals surface area contributed by atoms with Crippen LogP contribution in [0.25, 0.3) is 6.08 Å². The SMILES string of the molecule is COC(=O)[C@@H]1[C@H]2C[C@H]3c4[nH]c5c(c4CCN3C[C@@H]2CC[C@@H]1O)CCC=C5. The van der Waals surface area contributed by atoms with Crippen molar-refractivity contribution in [2.75, 3.05) is 20.2 Å². The van der Waals surface area contributed by atoms with E-state index in [0.717, 1.165) is 45.2 Å². The summed E-state index contributed by atoms with van der Waals surface area (Å²) in [7, 11) is 1.44. The average Bonchev–Trinajstić information content (AvgIpc) is 3.05. The first kappa shape index (κ1) is 16.6. The number of aromatic nitrogens is 1. The molecule has 0 aromatic carbocycles. The molecular formula is C21H28N2O3. The van der Waals surface area contributed by atoms with Crippen LogP contribution >= 0.6 is 0 Å². The molecule has 1 saturated heterocycles. The Morgan fingerprint density at radius 3 is 3.04 bits per heavy atom. The summed E-state index contributed by atoms with van der Waals surface area (Å²) >= 11 is 0. The summed E-state index contributed by atoms with van der Waals surface area (Å²) in [6, 6.07) is 0.344. The second-order valence-corrected chi connectivity index (χ2v) is 8.46. The number of aliphatic hydroxyl groups excluding tert-OH is 1. The fourth-order valence-electron chi connectivity index (χ4n) is 6.08. The van der Waals surface area contributed by atoms with Crippen LogP contribution in [0.2, 0.25) is 0 Å². The fraction of sp³-hybridized carbons (Fsp3) is 0.667. The molecule has 5 rings (SSSR count). The molecule has 140 valence electrons. The molecule has 1 aromatic rings. The third-order valence-corrected chi connectivity index (χ3v) is 7.30. The van der Waals surface area contributed by atoms with E-state index in [2.05, 4.69) is 22.0 Å². The van der Waals surface area contributed by atoms with Gasteiger partial charge in [0.15, 0.2) is 0 Å². The van der Waals surface area contributed by atoms with Crippen molar-refractivity contribution in [2.45, 2.75) is 50.7 Å². The molecule has 2 aliphatic carbocycles. The summed E-state index contributed by atoms with van der Waals surface area (Å²) in [5, 5.41) is 10.5. The van der Waals surface area contributed by atoms with Crippen LogP contribution in [0.15, 0.2) is 6.08 Å². The standard InChI is InChI=1S/C21H28N2O3/c1-26-21(25)19-15-10-17-20-14(13-4-2-3-5-16(13)22-20)8-9-23(17)11-12(15)6-7-18(19)24/h3,5,12,15,17-19,22,24H,2,4,6-11H2,1H3/t12-,15-,17-,18-,19+/m0/s1. The number of methoxy groups -OCH3 is 1. The topological polar surface area (TPSA) is 65.6 Å². The van der Waals surface area contributed by atoms with Crippen LogP contribution in [0.4, 0.5) is 0 Å². The van der Waals surface area contributed by atoms with Gasteiger partial charge in [0.2, 0.25) is 0 Å². The molecule has 3 heterocycles. The Morgan fingerprint density at radius 1 is 1.31 bits per heavy atom. The molecule has 0 radical (unpaired) electrons. The van der Waals surface area contributed by atoms with Crippen LogP contribution < -0.4 is 0 Å². The Kier molecular flexibility index (Phi) is 3.98. The highest BCUT2D eigenvalue weighted by Gasteiger charge is 2.49. The first-order valence-electron chi connectivity index (χ1n) is 10.1. The summed E-state index contributed by atoms with van der Waals surface area (Å²) in [4.78, 5) is 18.7. The van der Waals surface area contributed by atoms with Gasteiger partial charge in [0.05, 0.1) is 25.2 Å². The first-order chi connectivity index (χ1) is 12.7. The van der Waals surface area contributed by atoms with Gasteiger partial charge in [0.1, 0.15) is 0 Å². The van der Waals surface area contributed by atoms with Crippen LogP contribution in [0, 0.1) is 17.8 Å². The number of H-pyrrole nitrogens is 1. The van der Waals surface area contributed by atoms with Crippen molar-refractivity contribution < 1.29 is 14.6 Å². The van der Waals surface area contributed by atoms with Crippen molar-refractivity contribution in [3.8, 4) is 0 Å². The molecule has 0 amide bonds. The highest BCUT2D eigenvalue weighted by atomic mass is 16.5. The Balaban J connectivity index is 1.49. The van der Waals surface area contributed by atoms with Crippen molar-refractivity contribution in [1.82, 2.24) is 9.88 Å². The first-order valence-corrected chi connectivity index (χ1v) is 10.1. The van der Waals surface area contributed by atoms with E-state index in [-0.39, 0.29) is 17.8 Å². The Bertz CT molecular complexity index is 753. The number of ether oxygens (including phenoxy) is 1. The molecule has 4 aliphatic rings. The summed E-state index contributed by atoms with van der Waals surface area (Å²) < 4.78 is 5.05. The van der Waals surface area contributed by atoms with E-state index in [4.69, 9.17) is 4.74 Å². The summed E-state index contributed by atoms with van der Waals surface area (Å²) in [6.07, 6.45) is 10.00. The van der Waals surface area contributed by atoms with Crippen molar-refractivity contribution in [1.29, 1.82) is 0 Å². The van der Waals surface area contributed by atoms with E-state index in [1.54, 1.807) is 0 Å². The zero-order valence-electron chi connectivity index (χ0n) is 15.4. The number of hydrogen-bond acceptors (Lipinski definition) is 4. The average molecular weight is 356 g/mol. The molecule has 5 atom stereocenters. The van der Waals surface area contributed by atoms with Gasteiger partial charge in [-0.05, 0) is 67.6 Å². The van der Waals surface area contributed by atoms with Gasteiger partial charge < -0.3 is 14.8 Å². The van der Waals surface area contributed by atoms with E-state index < -0.39 is 6.10 Å². The molecule has 0 unspecified atom stereocenters. The molecule has 0 bridgehead atoms. The third-order valence-electron chi connectivity index (χ3n) is 7.30. The van der Waals surface area contributed by atoms with Crippen LogP contribution in [0.5, 0.6) is 0 Å². The number of aromatic amines is 1. The number of fused-ring (bicyclic) bond motifs is 6. The summed E-state index contributed by atoms with van der Waals surface area (Å²) in [5.41, 5.74) is 5.70. The smallest absolute Gasteiger partial charge is 0.311 e. The lowest BCUT2D eigenvalue weighted by molar-refractivity contribution is -0.160.